The first kappa shape index (κ1) is 64.1. The second-order valence-corrected chi connectivity index (χ2v) is 20.9. The highest BCUT2D eigenvalue weighted by Gasteiger charge is 2.26. The third-order valence-corrected chi connectivity index (χ3v) is 14.4. The first-order valence-electron chi connectivity index (χ1n) is 30.0. The molecule has 0 heterocycles. The molecule has 388 valence electrons. The minimum atomic E-state index is -1.15. The molecule has 0 spiro atoms. The number of amides is 1. The minimum absolute atomic E-state index is 0.148. The molecule has 0 radical (unpaired) electrons. The van der Waals surface area contributed by atoms with E-state index in [1.54, 1.807) is 0 Å². The van der Waals surface area contributed by atoms with Gasteiger partial charge in [0.25, 0.3) is 0 Å². The van der Waals surface area contributed by atoms with Crippen LogP contribution < -0.4 is 5.32 Å². The Morgan fingerprint density at radius 3 is 0.892 bits per heavy atom. The van der Waals surface area contributed by atoms with Gasteiger partial charge in [-0.2, -0.15) is 0 Å². The molecular weight excluding hydrogens is 799 g/mol. The lowest BCUT2D eigenvalue weighted by Gasteiger charge is -2.26. The number of carbonyl (C=O) groups excluding carboxylic acids is 1. The monoisotopic (exact) mass is 918 g/mol. The van der Waals surface area contributed by atoms with Crippen LogP contribution in [0, 0.1) is 0 Å². The van der Waals surface area contributed by atoms with Gasteiger partial charge in [0.2, 0.25) is 5.91 Å². The fraction of sp³-hybridized carbons (Fsp3) is 0.950. The summed E-state index contributed by atoms with van der Waals surface area (Å²) in [6.07, 6.45) is 69.9. The molecule has 0 saturated carbocycles. The summed E-state index contributed by atoms with van der Waals surface area (Å²) in [7, 11) is 0. The Morgan fingerprint density at radius 1 is 0.369 bits per heavy atom. The molecule has 0 aromatic carbocycles. The summed E-state index contributed by atoms with van der Waals surface area (Å²) in [4.78, 5) is 12.5. The molecule has 0 aromatic rings. The Kier molecular flexibility index (Phi) is 54.9. The van der Waals surface area contributed by atoms with Crippen LogP contribution in [0.3, 0.4) is 0 Å². The summed E-state index contributed by atoms with van der Waals surface area (Å²) in [5.74, 6) is -0.148. The smallest absolute Gasteiger partial charge is 0.220 e. The average molecular weight is 919 g/mol. The van der Waals surface area contributed by atoms with E-state index in [1.165, 1.54) is 276 Å². The van der Waals surface area contributed by atoms with Crippen LogP contribution in [-0.4, -0.2) is 46.1 Å². The van der Waals surface area contributed by atoms with E-state index < -0.39 is 18.2 Å². The summed E-state index contributed by atoms with van der Waals surface area (Å²) in [6.45, 7) is 4.18. The van der Waals surface area contributed by atoms with E-state index >= 15 is 0 Å². The van der Waals surface area contributed by atoms with Gasteiger partial charge in [-0.05, 0) is 38.5 Å². The largest absolute Gasteiger partial charge is 0.394 e. The van der Waals surface area contributed by atoms with E-state index in [2.05, 4.69) is 31.3 Å². The maximum absolute atomic E-state index is 12.5. The number of hydrogen-bond acceptors (Lipinski definition) is 4. The quantitative estimate of drug-likeness (QED) is 0.0361. The van der Waals surface area contributed by atoms with Gasteiger partial charge in [0.15, 0.2) is 0 Å². The minimum Gasteiger partial charge on any atom is -0.394 e. The van der Waals surface area contributed by atoms with E-state index in [0.29, 0.717) is 12.8 Å². The predicted molar refractivity (Wildman–Crippen MR) is 287 cm³/mol. The number of aliphatic hydroxyl groups excluding tert-OH is 3. The van der Waals surface area contributed by atoms with E-state index in [-0.39, 0.29) is 12.5 Å². The lowest BCUT2D eigenvalue weighted by Crippen LogP contribution is -2.50. The number of allylic oxidation sites excluding steroid dienone is 2. The van der Waals surface area contributed by atoms with E-state index in [0.717, 1.165) is 38.5 Å². The van der Waals surface area contributed by atoms with Crippen LogP contribution in [0.5, 0.6) is 0 Å². The van der Waals surface area contributed by atoms with Crippen LogP contribution in [-0.2, 0) is 4.79 Å². The average Bonchev–Trinajstić information content (AvgIpc) is 3.31. The van der Waals surface area contributed by atoms with Gasteiger partial charge in [0.1, 0.15) is 6.10 Å². The zero-order valence-corrected chi connectivity index (χ0v) is 44.4. The normalized spacial score (nSPS) is 13.2. The zero-order valence-electron chi connectivity index (χ0n) is 44.4. The zero-order chi connectivity index (χ0) is 47.2. The van der Waals surface area contributed by atoms with E-state index in [9.17, 15) is 20.1 Å². The Labute approximate surface area is 408 Å². The van der Waals surface area contributed by atoms with Crippen LogP contribution in [0.25, 0.3) is 0 Å². The van der Waals surface area contributed by atoms with Crippen molar-refractivity contribution in [1.82, 2.24) is 5.32 Å². The second-order valence-electron chi connectivity index (χ2n) is 20.9. The maximum Gasteiger partial charge on any atom is 0.220 e. The third-order valence-electron chi connectivity index (χ3n) is 14.4. The standard InChI is InChI=1S/C60H119NO4/c1-3-5-7-9-11-13-15-17-18-19-20-21-22-23-24-25-26-27-28-29-30-31-32-33-34-35-36-37-38-39-40-41-42-43-45-47-49-51-53-55-59(64)61-57(56-62)60(65)58(63)54-52-50-48-46-44-16-14-12-10-8-6-4-2/h46,48,57-58,60,62-63,65H,3-45,47,49-56H2,1-2H3,(H,61,64)/b48-46+. The number of unbranched alkanes of at least 4 members (excludes halogenated alkanes) is 46. The molecule has 0 saturated heterocycles. The summed E-state index contributed by atoms with van der Waals surface area (Å²) in [6, 6.07) is -0.821. The highest BCUT2D eigenvalue weighted by atomic mass is 16.3. The first-order valence-corrected chi connectivity index (χ1v) is 30.0. The number of aliphatic hydroxyl groups is 3. The van der Waals surface area contributed by atoms with Crippen LogP contribution in [0.15, 0.2) is 12.2 Å². The molecule has 65 heavy (non-hydrogen) atoms. The van der Waals surface area contributed by atoms with E-state index in [4.69, 9.17) is 0 Å². The molecule has 5 heteroatoms. The predicted octanol–water partition coefficient (Wildman–Crippen LogP) is 18.7. The number of rotatable bonds is 56. The fourth-order valence-electron chi connectivity index (χ4n) is 9.76. The summed E-state index contributed by atoms with van der Waals surface area (Å²) >= 11 is 0. The highest BCUT2D eigenvalue weighted by Crippen LogP contribution is 2.19. The van der Waals surface area contributed by atoms with Crippen LogP contribution in [0.2, 0.25) is 0 Å². The Balaban J connectivity index is 3.38. The third kappa shape index (κ3) is 50.8. The van der Waals surface area contributed by atoms with Crippen molar-refractivity contribution in [2.24, 2.45) is 0 Å². The van der Waals surface area contributed by atoms with Crippen molar-refractivity contribution < 1.29 is 20.1 Å². The van der Waals surface area contributed by atoms with Crippen molar-refractivity contribution in [3.8, 4) is 0 Å². The van der Waals surface area contributed by atoms with Gasteiger partial charge in [0.05, 0.1) is 18.8 Å². The maximum atomic E-state index is 12.5. The lowest BCUT2D eigenvalue weighted by molar-refractivity contribution is -0.124. The van der Waals surface area contributed by atoms with Crippen molar-refractivity contribution in [1.29, 1.82) is 0 Å². The van der Waals surface area contributed by atoms with Gasteiger partial charge in [-0.25, -0.2) is 0 Å². The molecule has 5 nitrogen and oxygen atoms in total. The van der Waals surface area contributed by atoms with Crippen molar-refractivity contribution in [2.45, 2.75) is 360 Å². The van der Waals surface area contributed by atoms with E-state index in [1.807, 2.05) is 0 Å². The number of hydrogen-bond donors (Lipinski definition) is 4. The number of nitrogens with one attached hydrogen (secondary N) is 1. The lowest BCUT2D eigenvalue weighted by atomic mass is 10.0. The number of carbonyl (C=O) groups is 1. The van der Waals surface area contributed by atoms with Crippen LogP contribution >= 0.6 is 0 Å². The molecule has 0 fully saturated rings. The van der Waals surface area contributed by atoms with Crippen molar-refractivity contribution in [2.75, 3.05) is 6.61 Å². The molecule has 3 unspecified atom stereocenters. The molecular formula is C60H119NO4. The van der Waals surface area contributed by atoms with Crippen molar-refractivity contribution >= 4 is 5.91 Å². The van der Waals surface area contributed by atoms with Gasteiger partial charge in [-0.3, -0.25) is 4.79 Å². The summed E-state index contributed by atoms with van der Waals surface area (Å²) < 4.78 is 0. The molecule has 0 aliphatic carbocycles. The van der Waals surface area contributed by atoms with Crippen molar-refractivity contribution in [3.63, 3.8) is 0 Å². The van der Waals surface area contributed by atoms with Gasteiger partial charge >= 0.3 is 0 Å². The fourth-order valence-corrected chi connectivity index (χ4v) is 9.76. The molecule has 0 rings (SSSR count). The molecule has 0 aliphatic heterocycles. The SMILES string of the molecule is CCCCCCCCC/C=C/CCCC(O)C(O)C(CO)NC(=O)CCCCCCCCCCCCCCCCCCCCCCCCCCCCCCCCCCCCCCCCC. The van der Waals surface area contributed by atoms with Gasteiger partial charge in [-0.1, -0.05) is 309 Å². The van der Waals surface area contributed by atoms with Crippen LogP contribution in [0.4, 0.5) is 0 Å². The Bertz CT molecular complexity index is 925. The van der Waals surface area contributed by atoms with Crippen LogP contribution in [0.1, 0.15) is 341 Å². The molecule has 0 aliphatic rings. The molecule has 4 N–H and O–H groups in total. The Hall–Kier alpha value is -0.910. The van der Waals surface area contributed by atoms with Gasteiger partial charge in [-0.15, -0.1) is 0 Å². The molecule has 0 aromatic heterocycles. The molecule has 1 amide bonds. The summed E-state index contributed by atoms with van der Waals surface area (Å²) in [5.41, 5.74) is 0. The second kappa shape index (κ2) is 55.7. The van der Waals surface area contributed by atoms with Gasteiger partial charge < -0.3 is 20.6 Å². The first-order chi connectivity index (χ1) is 32.1. The molecule has 3 atom stereocenters. The van der Waals surface area contributed by atoms with Crippen molar-refractivity contribution in [3.05, 3.63) is 12.2 Å². The summed E-state index contributed by atoms with van der Waals surface area (Å²) in [5, 5.41) is 33.6. The topological polar surface area (TPSA) is 89.8 Å². The van der Waals surface area contributed by atoms with Gasteiger partial charge in [0, 0.05) is 6.42 Å². The highest BCUT2D eigenvalue weighted by molar-refractivity contribution is 5.76. The molecule has 0 bridgehead atoms. The Morgan fingerprint density at radius 2 is 0.615 bits per heavy atom.